The molecule has 0 aliphatic carbocycles. The molecule has 90 valence electrons. The van der Waals surface area contributed by atoms with Crippen LogP contribution in [0.3, 0.4) is 0 Å². The second kappa shape index (κ2) is 4.46. The standard InChI is InChI=1S/C13H12N4O/c14-8-10-6-7-11(18-10)13-15-12(16-17-13)9-4-2-1-3-5-9/h1-7H,8,14H2,(H,15,16,17). The van der Waals surface area contributed by atoms with Gasteiger partial charge in [0.15, 0.2) is 17.4 Å². The Balaban J connectivity index is 1.94. The van der Waals surface area contributed by atoms with E-state index in [0.717, 1.165) is 11.3 Å². The molecule has 18 heavy (non-hydrogen) atoms. The topological polar surface area (TPSA) is 80.7 Å². The lowest BCUT2D eigenvalue weighted by Gasteiger charge is -1.92. The number of nitrogens with one attached hydrogen (secondary N) is 1. The van der Waals surface area contributed by atoms with Gasteiger partial charge in [0.1, 0.15) is 5.76 Å². The van der Waals surface area contributed by atoms with Gasteiger partial charge in [-0.15, -0.1) is 0 Å². The Hall–Kier alpha value is -2.40. The van der Waals surface area contributed by atoms with E-state index in [-0.39, 0.29) is 0 Å². The molecule has 0 aliphatic rings. The zero-order chi connectivity index (χ0) is 12.4. The van der Waals surface area contributed by atoms with Crippen LogP contribution in [0.1, 0.15) is 5.76 Å². The summed E-state index contributed by atoms with van der Waals surface area (Å²) in [6, 6.07) is 13.4. The van der Waals surface area contributed by atoms with Gasteiger partial charge in [0.25, 0.3) is 0 Å². The first-order valence-corrected chi connectivity index (χ1v) is 5.64. The molecule has 3 N–H and O–H groups in total. The number of benzene rings is 1. The first-order chi connectivity index (χ1) is 8.86. The minimum atomic E-state index is 0.375. The Morgan fingerprint density at radius 2 is 1.94 bits per heavy atom. The van der Waals surface area contributed by atoms with E-state index in [1.165, 1.54) is 0 Å². The molecule has 2 aromatic heterocycles. The molecule has 5 heteroatoms. The van der Waals surface area contributed by atoms with E-state index >= 15 is 0 Å². The van der Waals surface area contributed by atoms with Crippen molar-refractivity contribution in [3.05, 3.63) is 48.2 Å². The van der Waals surface area contributed by atoms with Crippen LogP contribution in [-0.4, -0.2) is 15.2 Å². The molecule has 3 aromatic rings. The third-order valence-corrected chi connectivity index (χ3v) is 2.61. The van der Waals surface area contributed by atoms with Crippen LogP contribution in [0.2, 0.25) is 0 Å². The molecule has 0 bridgehead atoms. The number of furan rings is 1. The minimum Gasteiger partial charge on any atom is -0.456 e. The Bertz CT molecular complexity index is 642. The van der Waals surface area contributed by atoms with Gasteiger partial charge < -0.3 is 10.2 Å². The summed E-state index contributed by atoms with van der Waals surface area (Å²) in [6.45, 7) is 0.375. The van der Waals surface area contributed by atoms with E-state index in [4.69, 9.17) is 10.2 Å². The van der Waals surface area contributed by atoms with Crippen molar-refractivity contribution in [2.24, 2.45) is 5.73 Å². The van der Waals surface area contributed by atoms with Crippen LogP contribution in [0, 0.1) is 0 Å². The molecule has 3 rings (SSSR count). The van der Waals surface area contributed by atoms with E-state index in [0.29, 0.717) is 24.0 Å². The average Bonchev–Trinajstić information content (AvgIpc) is 3.08. The van der Waals surface area contributed by atoms with Gasteiger partial charge in [-0.1, -0.05) is 30.3 Å². The second-order valence-electron chi connectivity index (χ2n) is 3.84. The maximum atomic E-state index is 5.51. The van der Waals surface area contributed by atoms with Crippen LogP contribution in [-0.2, 0) is 6.54 Å². The van der Waals surface area contributed by atoms with Crippen LogP contribution in [0.25, 0.3) is 23.0 Å². The Morgan fingerprint density at radius 1 is 1.11 bits per heavy atom. The normalized spacial score (nSPS) is 10.7. The van der Waals surface area contributed by atoms with Crippen LogP contribution in [0.5, 0.6) is 0 Å². The highest BCUT2D eigenvalue weighted by atomic mass is 16.3. The Morgan fingerprint density at radius 3 is 2.67 bits per heavy atom. The Kier molecular flexibility index (Phi) is 2.66. The van der Waals surface area contributed by atoms with Crippen molar-refractivity contribution < 1.29 is 4.42 Å². The van der Waals surface area contributed by atoms with Gasteiger partial charge in [-0.05, 0) is 12.1 Å². The molecule has 1 aromatic carbocycles. The maximum absolute atomic E-state index is 5.51. The highest BCUT2D eigenvalue weighted by Crippen LogP contribution is 2.21. The number of aromatic nitrogens is 3. The van der Waals surface area contributed by atoms with E-state index in [9.17, 15) is 0 Å². The first-order valence-electron chi connectivity index (χ1n) is 5.64. The van der Waals surface area contributed by atoms with Gasteiger partial charge in [-0.3, -0.25) is 5.10 Å². The summed E-state index contributed by atoms with van der Waals surface area (Å²) in [7, 11) is 0. The largest absolute Gasteiger partial charge is 0.456 e. The predicted molar refractivity (Wildman–Crippen MR) is 67.4 cm³/mol. The SMILES string of the molecule is NCc1ccc(-c2nc(-c3ccccc3)n[nH]2)o1. The fraction of sp³-hybridized carbons (Fsp3) is 0.0769. The number of aromatic amines is 1. The summed E-state index contributed by atoms with van der Waals surface area (Å²) in [5, 5.41) is 7.03. The molecule has 0 saturated carbocycles. The molecule has 0 unspecified atom stereocenters. The average molecular weight is 240 g/mol. The lowest BCUT2D eigenvalue weighted by atomic mass is 10.2. The number of nitrogens with zero attached hydrogens (tertiary/aromatic N) is 2. The fourth-order valence-corrected chi connectivity index (χ4v) is 1.70. The van der Waals surface area contributed by atoms with E-state index in [2.05, 4.69) is 15.2 Å². The quantitative estimate of drug-likeness (QED) is 0.735. The number of hydrogen-bond donors (Lipinski definition) is 2. The maximum Gasteiger partial charge on any atom is 0.192 e. The van der Waals surface area contributed by atoms with Crippen molar-refractivity contribution in [2.45, 2.75) is 6.54 Å². The van der Waals surface area contributed by atoms with E-state index in [1.54, 1.807) is 0 Å². The summed E-state index contributed by atoms with van der Waals surface area (Å²) in [5.74, 6) is 2.62. The summed E-state index contributed by atoms with van der Waals surface area (Å²) >= 11 is 0. The van der Waals surface area contributed by atoms with Crippen LogP contribution >= 0.6 is 0 Å². The monoisotopic (exact) mass is 240 g/mol. The number of nitrogens with two attached hydrogens (primary N) is 1. The highest BCUT2D eigenvalue weighted by molar-refractivity contribution is 5.58. The zero-order valence-corrected chi connectivity index (χ0v) is 9.63. The smallest absolute Gasteiger partial charge is 0.192 e. The van der Waals surface area contributed by atoms with Crippen LogP contribution < -0.4 is 5.73 Å². The van der Waals surface area contributed by atoms with Crippen molar-refractivity contribution in [1.29, 1.82) is 0 Å². The summed E-state index contributed by atoms with van der Waals surface area (Å²) in [5.41, 5.74) is 6.46. The molecule has 0 spiro atoms. The van der Waals surface area contributed by atoms with Crippen molar-refractivity contribution >= 4 is 0 Å². The lowest BCUT2D eigenvalue weighted by Crippen LogP contribution is -1.92. The van der Waals surface area contributed by atoms with Crippen molar-refractivity contribution in [2.75, 3.05) is 0 Å². The van der Waals surface area contributed by atoms with Crippen molar-refractivity contribution in [3.63, 3.8) is 0 Å². The van der Waals surface area contributed by atoms with Crippen molar-refractivity contribution in [3.8, 4) is 23.0 Å². The van der Waals surface area contributed by atoms with Gasteiger partial charge >= 0.3 is 0 Å². The molecule has 0 amide bonds. The molecular formula is C13H12N4O. The fourth-order valence-electron chi connectivity index (χ4n) is 1.70. The predicted octanol–water partition coefficient (Wildman–Crippen LogP) is 2.19. The molecule has 2 heterocycles. The third kappa shape index (κ3) is 1.91. The number of hydrogen-bond acceptors (Lipinski definition) is 4. The van der Waals surface area contributed by atoms with Gasteiger partial charge in [-0.25, -0.2) is 4.98 Å². The third-order valence-electron chi connectivity index (χ3n) is 2.61. The molecule has 0 radical (unpaired) electrons. The zero-order valence-electron chi connectivity index (χ0n) is 9.63. The lowest BCUT2D eigenvalue weighted by molar-refractivity contribution is 0.522. The van der Waals surface area contributed by atoms with Gasteiger partial charge in [0.2, 0.25) is 0 Å². The molecule has 0 saturated heterocycles. The molecular weight excluding hydrogens is 228 g/mol. The summed E-state index contributed by atoms with van der Waals surface area (Å²) in [6.07, 6.45) is 0. The first kappa shape index (κ1) is 10.7. The van der Waals surface area contributed by atoms with Crippen LogP contribution in [0.4, 0.5) is 0 Å². The van der Waals surface area contributed by atoms with Gasteiger partial charge in [-0.2, -0.15) is 5.10 Å². The van der Waals surface area contributed by atoms with E-state index in [1.807, 2.05) is 42.5 Å². The molecule has 0 aliphatic heterocycles. The van der Waals surface area contributed by atoms with Gasteiger partial charge in [0, 0.05) is 5.56 Å². The Labute approximate surface area is 104 Å². The van der Waals surface area contributed by atoms with Crippen molar-refractivity contribution in [1.82, 2.24) is 15.2 Å². The number of H-pyrrole nitrogens is 1. The molecule has 5 nitrogen and oxygen atoms in total. The second-order valence-corrected chi connectivity index (χ2v) is 3.84. The van der Waals surface area contributed by atoms with Gasteiger partial charge in [0.05, 0.1) is 6.54 Å². The number of rotatable bonds is 3. The highest BCUT2D eigenvalue weighted by Gasteiger charge is 2.10. The minimum absolute atomic E-state index is 0.375. The summed E-state index contributed by atoms with van der Waals surface area (Å²) < 4.78 is 5.51. The van der Waals surface area contributed by atoms with E-state index < -0.39 is 0 Å². The summed E-state index contributed by atoms with van der Waals surface area (Å²) in [4.78, 5) is 4.40. The molecule has 0 fully saturated rings. The van der Waals surface area contributed by atoms with Crippen LogP contribution in [0.15, 0.2) is 46.9 Å². The molecule has 0 atom stereocenters.